The summed E-state index contributed by atoms with van der Waals surface area (Å²) in [6.45, 7) is 5.42. The van der Waals surface area contributed by atoms with Crippen LogP contribution >= 0.6 is 0 Å². The number of hydrogen-bond acceptors (Lipinski definition) is 3. The summed E-state index contributed by atoms with van der Waals surface area (Å²) in [6.07, 6.45) is 7.86. The molecule has 1 fully saturated rings. The van der Waals surface area contributed by atoms with E-state index in [0.29, 0.717) is 18.4 Å². The first-order valence-electron chi connectivity index (χ1n) is 12.5. The monoisotopic (exact) mass is 461 g/mol. The number of anilines is 1. The Hall–Kier alpha value is -3.09. The van der Waals surface area contributed by atoms with Crippen LogP contribution in [-0.4, -0.2) is 52.0 Å². The highest BCUT2D eigenvalue weighted by Crippen LogP contribution is 2.38. The molecule has 3 aromatic rings. The molecule has 2 aromatic heterocycles. The van der Waals surface area contributed by atoms with Crippen LogP contribution in [0, 0.1) is 5.41 Å². The van der Waals surface area contributed by atoms with Crippen LogP contribution in [0.25, 0.3) is 22.3 Å². The number of nitrogens with zero attached hydrogens (tertiary/aromatic N) is 3. The van der Waals surface area contributed by atoms with Crippen LogP contribution in [0.2, 0.25) is 0 Å². The normalized spacial score (nSPS) is 18.4. The average Bonchev–Trinajstić information content (AvgIpc) is 3.40. The lowest BCUT2D eigenvalue weighted by Crippen LogP contribution is -2.42. The second-order valence-electron chi connectivity index (χ2n) is 10.8. The number of aromatic nitrogens is 3. The van der Waals surface area contributed by atoms with Crippen LogP contribution in [0.3, 0.4) is 0 Å². The van der Waals surface area contributed by atoms with Crippen LogP contribution in [0.4, 0.5) is 5.69 Å². The Labute approximate surface area is 200 Å². The van der Waals surface area contributed by atoms with Crippen LogP contribution in [0.5, 0.6) is 0 Å². The van der Waals surface area contributed by atoms with Crippen molar-refractivity contribution in [2.75, 3.05) is 25.0 Å². The minimum absolute atomic E-state index is 0.0657. The molecule has 0 radical (unpaired) electrons. The van der Waals surface area contributed by atoms with Crippen LogP contribution in [0.15, 0.2) is 24.3 Å². The summed E-state index contributed by atoms with van der Waals surface area (Å²) in [5.74, 6) is 0.0284. The maximum Gasteiger partial charge on any atom is 0.246 e. The van der Waals surface area contributed by atoms with Gasteiger partial charge in [0.05, 0.1) is 5.69 Å². The highest BCUT2D eigenvalue weighted by molar-refractivity contribution is 5.98. The van der Waals surface area contributed by atoms with Gasteiger partial charge in [0.2, 0.25) is 11.8 Å². The van der Waals surface area contributed by atoms with E-state index in [2.05, 4.69) is 35.1 Å². The minimum Gasteiger partial charge on any atom is -0.353 e. The Morgan fingerprint density at radius 2 is 1.97 bits per heavy atom. The average molecular weight is 462 g/mol. The van der Waals surface area contributed by atoms with E-state index in [-0.39, 0.29) is 18.4 Å². The van der Waals surface area contributed by atoms with E-state index in [4.69, 9.17) is 0 Å². The highest BCUT2D eigenvalue weighted by atomic mass is 16.2. The molecule has 180 valence electrons. The number of benzene rings is 1. The summed E-state index contributed by atoms with van der Waals surface area (Å²) >= 11 is 0. The minimum atomic E-state index is -0.0657. The summed E-state index contributed by atoms with van der Waals surface area (Å²) in [4.78, 5) is 32.3. The first kappa shape index (κ1) is 22.7. The molecule has 0 bridgehead atoms. The quantitative estimate of drug-likeness (QED) is 0.584. The van der Waals surface area contributed by atoms with Crippen molar-refractivity contribution in [3.8, 4) is 11.4 Å². The smallest absolute Gasteiger partial charge is 0.246 e. The van der Waals surface area contributed by atoms with Gasteiger partial charge in [-0.25, -0.2) is 0 Å². The van der Waals surface area contributed by atoms with Crippen molar-refractivity contribution >= 4 is 28.4 Å². The lowest BCUT2D eigenvalue weighted by atomic mass is 9.76. The number of carbonyl (C=O) groups is 2. The first-order valence-corrected chi connectivity index (χ1v) is 12.5. The van der Waals surface area contributed by atoms with Crippen molar-refractivity contribution in [2.24, 2.45) is 5.41 Å². The summed E-state index contributed by atoms with van der Waals surface area (Å²) in [6, 6.07) is 8.15. The number of carbonyl (C=O) groups excluding carboxylic acids is 2. The highest BCUT2D eigenvalue weighted by Gasteiger charge is 2.29. The van der Waals surface area contributed by atoms with Gasteiger partial charge in [-0.1, -0.05) is 32.8 Å². The van der Waals surface area contributed by atoms with Crippen LogP contribution < -0.4 is 4.90 Å². The SMILES string of the molecule is CN(C(=O)CN1CCCCCCC1=O)c1ccc2cc(-c3n[nH]c4c3CCC(C)(C)C4)[nH]c2c1. The summed E-state index contributed by atoms with van der Waals surface area (Å²) in [5.41, 5.74) is 6.66. The number of fused-ring (bicyclic) bond motifs is 2. The fourth-order valence-electron chi connectivity index (χ4n) is 5.32. The molecule has 5 rings (SSSR count). The Morgan fingerprint density at radius 3 is 2.82 bits per heavy atom. The van der Waals surface area contributed by atoms with E-state index in [9.17, 15) is 9.59 Å². The van der Waals surface area contributed by atoms with Crippen LogP contribution in [-0.2, 0) is 22.4 Å². The van der Waals surface area contributed by atoms with Crippen molar-refractivity contribution < 1.29 is 9.59 Å². The molecule has 0 unspecified atom stereocenters. The third-order valence-corrected chi connectivity index (χ3v) is 7.53. The summed E-state index contributed by atoms with van der Waals surface area (Å²) < 4.78 is 0. The second kappa shape index (κ2) is 8.93. The number of likely N-dealkylation sites (tertiary alicyclic amines) is 1. The van der Waals surface area contributed by atoms with E-state index < -0.39 is 0 Å². The number of rotatable bonds is 4. The van der Waals surface area contributed by atoms with Gasteiger partial charge in [-0.2, -0.15) is 5.10 Å². The fourth-order valence-corrected chi connectivity index (χ4v) is 5.32. The number of amides is 2. The zero-order valence-corrected chi connectivity index (χ0v) is 20.5. The van der Waals surface area contributed by atoms with Gasteiger partial charge in [0.15, 0.2) is 0 Å². The van der Waals surface area contributed by atoms with Gasteiger partial charge in [0.1, 0.15) is 12.2 Å². The zero-order valence-electron chi connectivity index (χ0n) is 20.5. The number of nitrogens with one attached hydrogen (secondary N) is 2. The third kappa shape index (κ3) is 4.48. The molecular formula is C27H35N5O2. The topological polar surface area (TPSA) is 85.1 Å². The van der Waals surface area contributed by atoms with Gasteiger partial charge < -0.3 is 14.8 Å². The Kier molecular flexibility index (Phi) is 5.96. The first-order chi connectivity index (χ1) is 16.3. The van der Waals surface area contributed by atoms with Crippen LogP contribution in [0.1, 0.15) is 63.6 Å². The predicted molar refractivity (Wildman–Crippen MR) is 135 cm³/mol. The maximum atomic E-state index is 13.0. The molecule has 34 heavy (non-hydrogen) atoms. The molecule has 2 amide bonds. The lowest BCUT2D eigenvalue weighted by Gasteiger charge is -2.28. The molecular weight excluding hydrogens is 426 g/mol. The largest absolute Gasteiger partial charge is 0.353 e. The van der Waals surface area contributed by atoms with E-state index >= 15 is 0 Å². The Morgan fingerprint density at radius 1 is 1.15 bits per heavy atom. The third-order valence-electron chi connectivity index (χ3n) is 7.53. The molecule has 1 aliphatic carbocycles. The molecule has 2 aliphatic rings. The standard InChI is InChI=1S/C27H35N5O2/c1-27(2)12-11-20-23(16-27)29-30-26(20)22-14-18-9-10-19(15-21(18)28-22)31(3)25(34)17-32-13-7-5-4-6-8-24(32)33/h9-10,14-15,28H,4-8,11-13,16-17H2,1-3H3,(H,29,30). The number of H-pyrrole nitrogens is 2. The molecule has 0 atom stereocenters. The van der Waals surface area contributed by atoms with Gasteiger partial charge in [0.25, 0.3) is 0 Å². The van der Waals surface area contributed by atoms with E-state index in [1.807, 2.05) is 18.2 Å². The van der Waals surface area contributed by atoms with E-state index in [1.54, 1.807) is 16.8 Å². The maximum absolute atomic E-state index is 13.0. The zero-order chi connectivity index (χ0) is 23.9. The second-order valence-corrected chi connectivity index (χ2v) is 10.8. The van der Waals surface area contributed by atoms with Crippen molar-refractivity contribution in [3.63, 3.8) is 0 Å². The lowest BCUT2D eigenvalue weighted by molar-refractivity contribution is -0.135. The van der Waals surface area contributed by atoms with E-state index in [0.717, 1.165) is 72.9 Å². The predicted octanol–water partition coefficient (Wildman–Crippen LogP) is 4.83. The van der Waals surface area contributed by atoms with Gasteiger partial charge in [0, 0.05) is 47.9 Å². The van der Waals surface area contributed by atoms with Crippen molar-refractivity contribution in [3.05, 3.63) is 35.5 Å². The van der Waals surface area contributed by atoms with Gasteiger partial charge >= 0.3 is 0 Å². The molecule has 2 N–H and O–H groups in total. The Bertz CT molecular complexity index is 1220. The molecule has 1 saturated heterocycles. The Balaban J connectivity index is 1.34. The molecule has 0 spiro atoms. The van der Waals surface area contributed by atoms with Crippen molar-refractivity contribution in [1.29, 1.82) is 0 Å². The molecule has 7 nitrogen and oxygen atoms in total. The molecule has 0 saturated carbocycles. The van der Waals surface area contributed by atoms with Crippen molar-refractivity contribution in [1.82, 2.24) is 20.1 Å². The fraction of sp³-hybridized carbons (Fsp3) is 0.519. The van der Waals surface area contributed by atoms with Gasteiger partial charge in [-0.05, 0) is 55.7 Å². The molecule has 3 heterocycles. The number of likely N-dealkylation sites (N-methyl/N-ethyl adjacent to an activating group) is 1. The summed E-state index contributed by atoms with van der Waals surface area (Å²) in [7, 11) is 1.79. The molecule has 7 heteroatoms. The van der Waals surface area contributed by atoms with Gasteiger partial charge in [-0.15, -0.1) is 0 Å². The number of hydrogen-bond donors (Lipinski definition) is 2. The molecule has 1 aromatic carbocycles. The summed E-state index contributed by atoms with van der Waals surface area (Å²) in [5, 5.41) is 9.00. The van der Waals surface area contributed by atoms with E-state index in [1.165, 1.54) is 11.3 Å². The van der Waals surface area contributed by atoms with Crippen molar-refractivity contribution in [2.45, 2.75) is 65.2 Å². The molecule has 1 aliphatic heterocycles. The van der Waals surface area contributed by atoms with Gasteiger partial charge in [-0.3, -0.25) is 14.7 Å². The number of aromatic amines is 2.